The maximum absolute atomic E-state index is 13.3. The Hall–Kier alpha value is -3.22. The van der Waals surface area contributed by atoms with Crippen molar-refractivity contribution in [2.24, 2.45) is 0 Å². The smallest absolute Gasteiger partial charge is 0.293 e. The molecule has 4 aromatic rings. The Morgan fingerprint density at radius 3 is 2.46 bits per heavy atom. The molecule has 0 atom stereocenters. The molecule has 0 saturated carbocycles. The second-order valence-electron chi connectivity index (χ2n) is 8.08. The van der Waals surface area contributed by atoms with Gasteiger partial charge in [-0.05, 0) is 36.4 Å². The summed E-state index contributed by atoms with van der Waals surface area (Å²) in [6, 6.07) is 12.9. The van der Waals surface area contributed by atoms with Crippen LogP contribution in [0.4, 0.5) is 11.6 Å². The number of hydrogen-bond donors (Lipinski definition) is 1. The van der Waals surface area contributed by atoms with E-state index in [-0.39, 0.29) is 22.1 Å². The van der Waals surface area contributed by atoms with Crippen LogP contribution in [0.1, 0.15) is 0 Å². The van der Waals surface area contributed by atoms with E-state index in [2.05, 4.69) is 15.3 Å². The molecular formula is C24H21Cl2N5O5S. The van der Waals surface area contributed by atoms with Crippen LogP contribution >= 0.6 is 23.2 Å². The van der Waals surface area contributed by atoms with Gasteiger partial charge in [0, 0.05) is 35.9 Å². The number of benzene rings is 2. The second kappa shape index (κ2) is 10.3. The van der Waals surface area contributed by atoms with Crippen LogP contribution in [0.2, 0.25) is 10.0 Å². The standard InChI is InChI=1S/C24H21Cl2N5O5S/c1-35-31-22-15(12-18(23(31)32)21-19(25)6-3-7-20(21)26)14-27-24(29-22)28-16-4-2-5-17(13-16)37(33,34)30-8-10-36-11-9-30/h2-7,12-14H,8-11H2,1H3,(H,27,28,29). The Labute approximate surface area is 222 Å². The molecule has 3 heterocycles. The number of halogens is 2. The first kappa shape index (κ1) is 25.4. The average molecular weight is 562 g/mol. The lowest BCUT2D eigenvalue weighted by Gasteiger charge is -2.26. The summed E-state index contributed by atoms with van der Waals surface area (Å²) in [7, 11) is -2.34. The van der Waals surface area contributed by atoms with Gasteiger partial charge in [-0.3, -0.25) is 4.79 Å². The maximum Gasteiger partial charge on any atom is 0.293 e. The van der Waals surface area contributed by atoms with Gasteiger partial charge in [-0.25, -0.2) is 13.4 Å². The lowest BCUT2D eigenvalue weighted by atomic mass is 10.1. The Balaban J connectivity index is 1.51. The molecule has 1 aliphatic rings. The highest BCUT2D eigenvalue weighted by Crippen LogP contribution is 2.34. The summed E-state index contributed by atoms with van der Waals surface area (Å²) in [6.07, 6.45) is 1.52. The number of aromatic nitrogens is 3. The summed E-state index contributed by atoms with van der Waals surface area (Å²) in [6.45, 7) is 1.30. The highest BCUT2D eigenvalue weighted by atomic mass is 35.5. The first-order valence-corrected chi connectivity index (χ1v) is 13.4. The molecule has 0 amide bonds. The van der Waals surface area contributed by atoms with Gasteiger partial charge in [-0.15, -0.1) is 4.73 Å². The lowest BCUT2D eigenvalue weighted by Crippen LogP contribution is -2.40. The predicted octanol–water partition coefficient (Wildman–Crippen LogP) is 3.59. The van der Waals surface area contributed by atoms with E-state index in [1.165, 1.54) is 29.7 Å². The van der Waals surface area contributed by atoms with E-state index in [9.17, 15) is 13.2 Å². The number of ether oxygens (including phenoxy) is 1. The van der Waals surface area contributed by atoms with Gasteiger partial charge < -0.3 is 14.9 Å². The molecule has 0 radical (unpaired) electrons. The fraction of sp³-hybridized carbons (Fsp3) is 0.208. The molecule has 1 fully saturated rings. The second-order valence-corrected chi connectivity index (χ2v) is 10.8. The number of pyridine rings is 1. The van der Waals surface area contributed by atoms with Crippen molar-refractivity contribution < 1.29 is 18.0 Å². The Kier molecular flexibility index (Phi) is 7.06. The average Bonchev–Trinajstić information content (AvgIpc) is 2.90. The highest BCUT2D eigenvalue weighted by Gasteiger charge is 2.26. The molecular weight excluding hydrogens is 541 g/mol. The minimum absolute atomic E-state index is 0.134. The third kappa shape index (κ3) is 4.88. The monoisotopic (exact) mass is 561 g/mol. The van der Waals surface area contributed by atoms with Crippen molar-refractivity contribution in [1.29, 1.82) is 0 Å². The molecule has 5 rings (SSSR count). The molecule has 0 unspecified atom stereocenters. The van der Waals surface area contributed by atoms with Crippen molar-refractivity contribution in [2.45, 2.75) is 4.90 Å². The minimum Gasteiger partial charge on any atom is -0.412 e. The van der Waals surface area contributed by atoms with Gasteiger partial charge in [0.15, 0.2) is 5.65 Å². The predicted molar refractivity (Wildman–Crippen MR) is 141 cm³/mol. The molecule has 0 bridgehead atoms. The first-order valence-electron chi connectivity index (χ1n) is 11.2. The Morgan fingerprint density at radius 1 is 1.05 bits per heavy atom. The van der Waals surface area contributed by atoms with E-state index < -0.39 is 15.6 Å². The summed E-state index contributed by atoms with van der Waals surface area (Å²) in [5, 5.41) is 4.14. The van der Waals surface area contributed by atoms with Crippen LogP contribution in [0.25, 0.3) is 22.2 Å². The van der Waals surface area contributed by atoms with Crippen molar-refractivity contribution in [1.82, 2.24) is 19.0 Å². The molecule has 0 aliphatic carbocycles. The zero-order chi connectivity index (χ0) is 26.2. The van der Waals surface area contributed by atoms with Gasteiger partial charge in [-0.2, -0.15) is 9.29 Å². The largest absolute Gasteiger partial charge is 0.412 e. The van der Waals surface area contributed by atoms with Crippen molar-refractivity contribution >= 4 is 55.9 Å². The summed E-state index contributed by atoms with van der Waals surface area (Å²) in [5.74, 6) is 0.141. The third-order valence-electron chi connectivity index (χ3n) is 5.82. The summed E-state index contributed by atoms with van der Waals surface area (Å²) < 4.78 is 33.7. The lowest BCUT2D eigenvalue weighted by molar-refractivity contribution is 0.0730. The Bertz CT molecular complexity index is 1640. The third-order valence-corrected chi connectivity index (χ3v) is 8.34. The van der Waals surface area contributed by atoms with Gasteiger partial charge in [0.1, 0.15) is 7.11 Å². The molecule has 0 spiro atoms. The Morgan fingerprint density at radius 2 is 1.76 bits per heavy atom. The van der Waals surface area contributed by atoms with Crippen molar-refractivity contribution in [3.8, 4) is 11.1 Å². The molecule has 37 heavy (non-hydrogen) atoms. The number of hydrogen-bond acceptors (Lipinski definition) is 8. The highest BCUT2D eigenvalue weighted by molar-refractivity contribution is 7.89. The van der Waals surface area contributed by atoms with Gasteiger partial charge in [0.25, 0.3) is 5.56 Å². The molecule has 1 aliphatic heterocycles. The van der Waals surface area contributed by atoms with Crippen molar-refractivity contribution in [2.75, 3.05) is 38.7 Å². The van der Waals surface area contributed by atoms with E-state index in [4.69, 9.17) is 32.8 Å². The van der Waals surface area contributed by atoms with E-state index >= 15 is 0 Å². The normalized spacial score (nSPS) is 14.6. The van der Waals surface area contributed by atoms with Gasteiger partial charge in [0.05, 0.1) is 33.7 Å². The van der Waals surface area contributed by atoms with E-state index in [1.54, 1.807) is 36.4 Å². The maximum atomic E-state index is 13.3. The number of sulfonamides is 1. The summed E-state index contributed by atoms with van der Waals surface area (Å²) in [4.78, 5) is 27.5. The number of anilines is 2. The van der Waals surface area contributed by atoms with Crippen LogP contribution in [0, 0.1) is 0 Å². The molecule has 1 N–H and O–H groups in total. The van der Waals surface area contributed by atoms with Gasteiger partial charge >= 0.3 is 0 Å². The van der Waals surface area contributed by atoms with Crippen LogP contribution in [-0.4, -0.2) is 60.8 Å². The molecule has 192 valence electrons. The molecule has 2 aromatic carbocycles. The zero-order valence-corrected chi connectivity index (χ0v) is 21.8. The number of nitrogens with zero attached hydrogens (tertiary/aromatic N) is 4. The first-order chi connectivity index (χ1) is 17.8. The van der Waals surface area contributed by atoms with Crippen molar-refractivity contribution in [3.05, 3.63) is 75.1 Å². The quantitative estimate of drug-likeness (QED) is 0.379. The van der Waals surface area contributed by atoms with Crippen LogP contribution < -0.4 is 15.7 Å². The van der Waals surface area contributed by atoms with Gasteiger partial charge in [-0.1, -0.05) is 35.3 Å². The summed E-state index contributed by atoms with van der Waals surface area (Å²) >= 11 is 12.7. The van der Waals surface area contributed by atoms with Crippen LogP contribution in [0.15, 0.2) is 64.4 Å². The van der Waals surface area contributed by atoms with E-state index in [1.807, 2.05) is 0 Å². The molecule has 1 saturated heterocycles. The fourth-order valence-electron chi connectivity index (χ4n) is 4.03. The topological polar surface area (TPSA) is 116 Å². The molecule has 2 aromatic heterocycles. The van der Waals surface area contributed by atoms with E-state index in [0.29, 0.717) is 53.0 Å². The number of morpholine rings is 1. The number of fused-ring (bicyclic) bond motifs is 1. The zero-order valence-electron chi connectivity index (χ0n) is 19.5. The van der Waals surface area contributed by atoms with Crippen LogP contribution in [-0.2, 0) is 14.8 Å². The number of nitrogens with one attached hydrogen (secondary N) is 1. The minimum atomic E-state index is -3.68. The summed E-state index contributed by atoms with van der Waals surface area (Å²) in [5.41, 5.74) is 0.765. The van der Waals surface area contributed by atoms with Crippen molar-refractivity contribution in [3.63, 3.8) is 0 Å². The van der Waals surface area contributed by atoms with Gasteiger partial charge in [0.2, 0.25) is 16.0 Å². The SMILES string of the molecule is COn1c(=O)c(-c2c(Cl)cccc2Cl)cc2cnc(Nc3cccc(S(=O)(=O)N4CCOCC4)c3)nc21. The van der Waals surface area contributed by atoms with Crippen LogP contribution in [0.3, 0.4) is 0 Å². The molecule has 10 nitrogen and oxygen atoms in total. The molecule has 13 heteroatoms. The fourth-order valence-corrected chi connectivity index (χ4v) is 6.09. The van der Waals surface area contributed by atoms with E-state index in [0.717, 1.165) is 4.73 Å². The van der Waals surface area contributed by atoms with Crippen LogP contribution in [0.5, 0.6) is 0 Å². The number of rotatable bonds is 6.